The third-order valence-corrected chi connectivity index (χ3v) is 10.9. The topological polar surface area (TPSA) is 102 Å². The van der Waals surface area contributed by atoms with Gasteiger partial charge in [-0.2, -0.15) is 8.61 Å². The minimum atomic E-state index is -3.98. The molecule has 0 N–H and O–H groups in total. The van der Waals surface area contributed by atoms with E-state index >= 15 is 0 Å². The van der Waals surface area contributed by atoms with Crippen molar-refractivity contribution in [1.82, 2.24) is 8.61 Å². The van der Waals surface area contributed by atoms with Crippen LogP contribution in [-0.4, -0.2) is 71.5 Å². The van der Waals surface area contributed by atoms with E-state index in [0.29, 0.717) is 30.2 Å². The second kappa shape index (κ2) is 11.7. The van der Waals surface area contributed by atoms with E-state index in [9.17, 15) is 16.8 Å². The second-order valence-electron chi connectivity index (χ2n) is 9.52. The molecule has 0 unspecified atom stereocenters. The van der Waals surface area contributed by atoms with Crippen molar-refractivity contribution in [1.29, 1.82) is 0 Å². The fraction of sp³-hybridized carbons (Fsp3) is 0.538. The van der Waals surface area contributed by atoms with Crippen LogP contribution < -0.4 is 9.47 Å². The number of para-hydroxylation sites is 1. The van der Waals surface area contributed by atoms with Gasteiger partial charge in [0.1, 0.15) is 0 Å². The standard InChI is InChI=1S/C26H36N2O7S2/c1-20-8-4-5-16-28(20)37(31,32)24-14-12-23(13-15-24)36(29,30)27(19-22-10-7-17-35-22)18-21-9-6-11-25(33-2)26(21)34-3/h6,9,11-15,20,22H,4-5,7-8,10,16-19H2,1-3H3/t20-,22+/m0/s1. The first-order chi connectivity index (χ1) is 17.7. The van der Waals surface area contributed by atoms with Crippen molar-refractivity contribution in [2.75, 3.05) is 33.9 Å². The van der Waals surface area contributed by atoms with Crippen molar-refractivity contribution >= 4 is 20.0 Å². The number of rotatable bonds is 10. The maximum atomic E-state index is 13.8. The van der Waals surface area contributed by atoms with Crippen molar-refractivity contribution in [3.05, 3.63) is 48.0 Å². The Morgan fingerprint density at radius 3 is 2.30 bits per heavy atom. The summed E-state index contributed by atoms with van der Waals surface area (Å²) < 4.78 is 73.6. The third kappa shape index (κ3) is 5.96. The van der Waals surface area contributed by atoms with E-state index in [0.717, 1.165) is 32.1 Å². The maximum absolute atomic E-state index is 13.8. The SMILES string of the molecule is COc1cccc(CN(C[C@H]2CCCO2)S(=O)(=O)c2ccc(S(=O)(=O)N3CCCC[C@@H]3C)cc2)c1OC. The van der Waals surface area contributed by atoms with Gasteiger partial charge in [0.25, 0.3) is 0 Å². The van der Waals surface area contributed by atoms with Crippen LogP contribution in [0.5, 0.6) is 11.5 Å². The molecule has 0 aliphatic carbocycles. The van der Waals surface area contributed by atoms with E-state index in [1.807, 2.05) is 6.92 Å². The normalized spacial score (nSPS) is 21.3. The Bertz CT molecular complexity index is 1270. The van der Waals surface area contributed by atoms with Gasteiger partial charge in [0.2, 0.25) is 20.0 Å². The molecule has 2 aromatic rings. The Balaban J connectivity index is 1.64. The molecule has 2 aliphatic heterocycles. The maximum Gasteiger partial charge on any atom is 0.243 e. The lowest BCUT2D eigenvalue weighted by atomic mass is 10.1. The van der Waals surface area contributed by atoms with Crippen molar-refractivity contribution in [2.24, 2.45) is 0 Å². The number of methoxy groups -OCH3 is 2. The van der Waals surface area contributed by atoms with Gasteiger partial charge >= 0.3 is 0 Å². The van der Waals surface area contributed by atoms with E-state index in [-0.39, 0.29) is 35.0 Å². The Labute approximate surface area is 220 Å². The Morgan fingerprint density at radius 1 is 0.946 bits per heavy atom. The lowest BCUT2D eigenvalue weighted by molar-refractivity contribution is 0.0924. The van der Waals surface area contributed by atoms with Gasteiger partial charge in [0.15, 0.2) is 11.5 Å². The summed E-state index contributed by atoms with van der Waals surface area (Å²) in [6.45, 7) is 3.21. The van der Waals surface area contributed by atoms with Gasteiger partial charge in [-0.05, 0) is 62.9 Å². The van der Waals surface area contributed by atoms with Crippen LogP contribution in [0.4, 0.5) is 0 Å². The molecular weight excluding hydrogens is 516 g/mol. The lowest BCUT2D eigenvalue weighted by Crippen LogP contribution is -2.41. The number of benzene rings is 2. The summed E-state index contributed by atoms with van der Waals surface area (Å²) in [5.74, 6) is 0.977. The third-order valence-electron chi connectivity index (χ3n) is 7.07. The lowest BCUT2D eigenvalue weighted by Gasteiger charge is -2.32. The fourth-order valence-electron chi connectivity index (χ4n) is 5.03. The van der Waals surface area contributed by atoms with Gasteiger partial charge in [-0.1, -0.05) is 18.6 Å². The number of nitrogens with zero attached hydrogens (tertiary/aromatic N) is 2. The van der Waals surface area contributed by atoms with Crippen LogP contribution in [0.3, 0.4) is 0 Å². The molecule has 2 heterocycles. The van der Waals surface area contributed by atoms with E-state index in [1.54, 1.807) is 18.2 Å². The highest BCUT2D eigenvalue weighted by Gasteiger charge is 2.33. The van der Waals surface area contributed by atoms with Gasteiger partial charge < -0.3 is 14.2 Å². The zero-order chi connectivity index (χ0) is 26.6. The predicted octanol–water partition coefficient (Wildman–Crippen LogP) is 3.64. The molecule has 4 rings (SSSR count). The molecule has 0 bridgehead atoms. The van der Waals surface area contributed by atoms with Crippen molar-refractivity contribution in [3.8, 4) is 11.5 Å². The molecule has 2 aromatic carbocycles. The van der Waals surface area contributed by atoms with E-state index in [2.05, 4.69) is 0 Å². The van der Waals surface area contributed by atoms with Crippen LogP contribution in [0.15, 0.2) is 52.3 Å². The van der Waals surface area contributed by atoms with Gasteiger partial charge in [0, 0.05) is 37.8 Å². The zero-order valence-corrected chi connectivity index (χ0v) is 23.3. The second-order valence-corrected chi connectivity index (χ2v) is 13.3. The molecule has 37 heavy (non-hydrogen) atoms. The average molecular weight is 553 g/mol. The minimum absolute atomic E-state index is 0.0259. The molecule has 2 fully saturated rings. The highest BCUT2D eigenvalue weighted by Crippen LogP contribution is 2.33. The number of hydrogen-bond acceptors (Lipinski definition) is 7. The number of sulfonamides is 2. The predicted molar refractivity (Wildman–Crippen MR) is 140 cm³/mol. The molecule has 0 radical (unpaired) electrons. The zero-order valence-electron chi connectivity index (χ0n) is 21.6. The molecule has 0 amide bonds. The van der Waals surface area contributed by atoms with Crippen LogP contribution in [0.1, 0.15) is 44.6 Å². The van der Waals surface area contributed by atoms with E-state index < -0.39 is 20.0 Å². The van der Waals surface area contributed by atoms with Crippen LogP contribution in [0.25, 0.3) is 0 Å². The summed E-state index contributed by atoms with van der Waals surface area (Å²) in [6, 6.07) is 10.8. The number of hydrogen-bond donors (Lipinski definition) is 0. The summed E-state index contributed by atoms with van der Waals surface area (Å²) in [7, 11) is -4.64. The van der Waals surface area contributed by atoms with Gasteiger partial charge in [0.05, 0.1) is 30.1 Å². The average Bonchev–Trinajstić information content (AvgIpc) is 3.41. The molecule has 204 valence electrons. The Kier molecular flexibility index (Phi) is 8.80. The smallest absolute Gasteiger partial charge is 0.243 e. The van der Waals surface area contributed by atoms with E-state index in [1.165, 1.54) is 47.1 Å². The molecule has 2 atom stereocenters. The summed E-state index contributed by atoms with van der Waals surface area (Å²) in [5, 5.41) is 0. The first-order valence-corrected chi connectivity index (χ1v) is 15.5. The fourth-order valence-corrected chi connectivity index (χ4v) is 8.18. The summed E-state index contributed by atoms with van der Waals surface area (Å²) >= 11 is 0. The van der Waals surface area contributed by atoms with Crippen LogP contribution in [0.2, 0.25) is 0 Å². The molecule has 11 heteroatoms. The highest BCUT2D eigenvalue weighted by molar-refractivity contribution is 7.89. The molecule has 0 spiro atoms. The first kappa shape index (κ1) is 27.8. The monoisotopic (exact) mass is 552 g/mol. The summed E-state index contributed by atoms with van der Waals surface area (Å²) in [5.41, 5.74) is 0.654. The molecule has 2 aliphatic rings. The Morgan fingerprint density at radius 2 is 1.68 bits per heavy atom. The number of piperidine rings is 1. The molecule has 0 aromatic heterocycles. The summed E-state index contributed by atoms with van der Waals surface area (Å²) in [4.78, 5) is 0.123. The molecular formula is C26H36N2O7S2. The largest absolute Gasteiger partial charge is 0.493 e. The molecule has 9 nitrogen and oxygen atoms in total. The van der Waals surface area contributed by atoms with Crippen LogP contribution in [0, 0.1) is 0 Å². The minimum Gasteiger partial charge on any atom is -0.493 e. The van der Waals surface area contributed by atoms with Gasteiger partial charge in [-0.25, -0.2) is 16.8 Å². The van der Waals surface area contributed by atoms with Gasteiger partial charge in [-0.3, -0.25) is 0 Å². The van der Waals surface area contributed by atoms with Crippen molar-refractivity contribution in [2.45, 2.75) is 67.5 Å². The molecule has 0 saturated carbocycles. The van der Waals surface area contributed by atoms with Crippen molar-refractivity contribution in [3.63, 3.8) is 0 Å². The van der Waals surface area contributed by atoms with Crippen LogP contribution >= 0.6 is 0 Å². The van der Waals surface area contributed by atoms with Crippen LogP contribution in [-0.2, 0) is 31.3 Å². The Hall–Kier alpha value is -2.18. The van der Waals surface area contributed by atoms with Gasteiger partial charge in [-0.15, -0.1) is 0 Å². The molecule has 2 saturated heterocycles. The highest BCUT2D eigenvalue weighted by atomic mass is 32.2. The number of ether oxygens (including phenoxy) is 3. The van der Waals surface area contributed by atoms with Crippen molar-refractivity contribution < 1.29 is 31.0 Å². The first-order valence-electron chi connectivity index (χ1n) is 12.6. The van der Waals surface area contributed by atoms with E-state index in [4.69, 9.17) is 14.2 Å². The summed E-state index contributed by atoms with van der Waals surface area (Å²) in [6.07, 6.45) is 4.07. The quantitative estimate of drug-likeness (QED) is 0.443.